The summed E-state index contributed by atoms with van der Waals surface area (Å²) in [6.07, 6.45) is -3.96. The maximum Gasteiger partial charge on any atom is 0.417 e. The molecule has 0 saturated carbocycles. The highest BCUT2D eigenvalue weighted by molar-refractivity contribution is 7.89. The third-order valence-electron chi connectivity index (χ3n) is 9.41. The summed E-state index contributed by atoms with van der Waals surface area (Å²) >= 11 is 13.1. The van der Waals surface area contributed by atoms with Crippen LogP contribution in [0.25, 0.3) is 10.9 Å². The lowest BCUT2D eigenvalue weighted by atomic mass is 10.1. The van der Waals surface area contributed by atoms with Gasteiger partial charge in [0.2, 0.25) is 15.9 Å². The zero-order valence-corrected chi connectivity index (χ0v) is 32.3. The maximum absolute atomic E-state index is 14.1. The Bertz CT molecular complexity index is 2340. The normalized spacial score (nSPS) is 17.0. The van der Waals surface area contributed by atoms with E-state index < -0.39 is 46.3 Å². The van der Waals surface area contributed by atoms with Crippen molar-refractivity contribution in [3.05, 3.63) is 98.7 Å². The molecule has 1 unspecified atom stereocenters. The van der Waals surface area contributed by atoms with Crippen molar-refractivity contribution in [3.8, 4) is 5.75 Å². The zero-order valence-electron chi connectivity index (χ0n) is 30.0. The molecule has 3 heterocycles. The molecule has 19 heteroatoms. The van der Waals surface area contributed by atoms with E-state index in [-0.39, 0.29) is 93.7 Å². The number of fused-ring (bicyclic) bond motifs is 1. The van der Waals surface area contributed by atoms with Gasteiger partial charge in [0, 0.05) is 72.4 Å². The van der Waals surface area contributed by atoms with Gasteiger partial charge in [0.1, 0.15) is 28.8 Å². The van der Waals surface area contributed by atoms with Crippen LogP contribution in [0.5, 0.6) is 5.75 Å². The Hall–Kier alpha value is -4.97. The van der Waals surface area contributed by atoms with Crippen molar-refractivity contribution in [2.75, 3.05) is 32.7 Å². The number of alkyl halides is 3. The number of nitrogens with zero attached hydrogens (tertiary/aromatic N) is 5. The summed E-state index contributed by atoms with van der Waals surface area (Å²) in [6.45, 7) is 3.02. The van der Waals surface area contributed by atoms with Crippen LogP contribution in [0.15, 0.2) is 70.7 Å². The second kappa shape index (κ2) is 16.3. The number of carbonyl (C=O) groups excluding carboxylic acids is 3. The number of aryl methyl sites for hydroxylation is 1. The van der Waals surface area contributed by atoms with Crippen LogP contribution in [0.4, 0.5) is 13.2 Å². The molecule has 1 aromatic heterocycles. The number of ether oxygens (including phenoxy) is 1. The van der Waals surface area contributed by atoms with Crippen LogP contribution >= 0.6 is 23.2 Å². The highest BCUT2D eigenvalue weighted by Gasteiger charge is 2.43. The summed E-state index contributed by atoms with van der Waals surface area (Å²) in [5.74, 6) is -1.35. The van der Waals surface area contributed by atoms with E-state index in [4.69, 9.17) is 33.7 Å². The van der Waals surface area contributed by atoms with E-state index in [0.29, 0.717) is 17.5 Å². The number of nitrogens with two attached hydrogens (primary N) is 1. The van der Waals surface area contributed by atoms with Gasteiger partial charge in [-0.1, -0.05) is 52.6 Å². The average molecular weight is 836 g/mol. The Morgan fingerprint density at radius 1 is 0.964 bits per heavy atom. The quantitative estimate of drug-likeness (QED) is 0.0955. The average Bonchev–Trinajstić information content (AvgIpc) is 3.67. The molecule has 2 N–H and O–H groups in total. The topological polar surface area (TPSA) is 165 Å². The summed E-state index contributed by atoms with van der Waals surface area (Å²) in [5, 5.41) is 3.16. The van der Waals surface area contributed by atoms with E-state index >= 15 is 0 Å². The monoisotopic (exact) mass is 834 g/mol. The van der Waals surface area contributed by atoms with Crippen LogP contribution in [-0.2, 0) is 37.2 Å². The lowest BCUT2D eigenvalue weighted by molar-refractivity contribution is -0.141. The molecule has 2 amide bonds. The Balaban J connectivity index is 1.14. The fourth-order valence-electron chi connectivity index (χ4n) is 6.63. The van der Waals surface area contributed by atoms with Gasteiger partial charge in [-0.2, -0.15) is 17.5 Å². The number of amidine groups is 1. The summed E-state index contributed by atoms with van der Waals surface area (Å²) in [5.41, 5.74) is 5.91. The Morgan fingerprint density at radius 3 is 2.29 bits per heavy atom. The van der Waals surface area contributed by atoms with Crippen LogP contribution < -0.4 is 10.5 Å². The van der Waals surface area contributed by atoms with Crippen LogP contribution in [0.3, 0.4) is 0 Å². The molecule has 2 aliphatic heterocycles. The van der Waals surface area contributed by atoms with Gasteiger partial charge in [-0.3, -0.25) is 9.59 Å². The van der Waals surface area contributed by atoms with E-state index in [0.717, 1.165) is 10.4 Å². The minimum Gasteiger partial charge on any atom is -0.487 e. The number of aromatic nitrogens is 1. The predicted molar refractivity (Wildman–Crippen MR) is 201 cm³/mol. The fraction of sp³-hybridized carbons (Fsp3) is 0.324. The predicted octanol–water partition coefficient (Wildman–Crippen LogP) is 5.77. The molecule has 0 aliphatic carbocycles. The first-order valence-electron chi connectivity index (χ1n) is 17.3. The second-order valence-electron chi connectivity index (χ2n) is 13.1. The SMILES string of the molecule is CC(=O)O/N=C(/N)c1ccc(C(=O)N2CCN(C(=O)C3CCCN3S(=O)(=O)c3ccc(Cl)c(COc4cccc5c(C(F)(F)F)cc(C)nc45)c3Cl)CC2)cc1. The van der Waals surface area contributed by atoms with Crippen LogP contribution in [0.1, 0.15) is 52.5 Å². The molecular weight excluding hydrogens is 800 g/mol. The van der Waals surface area contributed by atoms with Crippen molar-refractivity contribution in [2.45, 2.75) is 50.4 Å². The van der Waals surface area contributed by atoms with Gasteiger partial charge < -0.3 is 25.1 Å². The third kappa shape index (κ3) is 8.40. The van der Waals surface area contributed by atoms with Gasteiger partial charge in [-0.25, -0.2) is 18.2 Å². The first-order chi connectivity index (χ1) is 26.5. The molecule has 2 aliphatic rings. The number of benzene rings is 3. The Kier molecular flexibility index (Phi) is 11.8. The molecule has 3 aromatic carbocycles. The summed E-state index contributed by atoms with van der Waals surface area (Å²) in [4.78, 5) is 49.6. The molecule has 2 saturated heterocycles. The number of rotatable bonds is 9. The molecule has 13 nitrogen and oxygen atoms in total. The number of carbonyl (C=O) groups is 3. The van der Waals surface area contributed by atoms with Gasteiger partial charge in [0.25, 0.3) is 5.91 Å². The fourth-order valence-corrected chi connectivity index (χ4v) is 9.15. The molecule has 0 radical (unpaired) electrons. The van der Waals surface area contributed by atoms with Crippen molar-refractivity contribution < 1.29 is 45.5 Å². The highest BCUT2D eigenvalue weighted by Crippen LogP contribution is 2.39. The summed E-state index contributed by atoms with van der Waals surface area (Å²) in [7, 11) is -4.37. The third-order valence-corrected chi connectivity index (χ3v) is 12.3. The van der Waals surface area contributed by atoms with Crippen LogP contribution in [0, 0.1) is 6.92 Å². The molecule has 4 aromatic rings. The Labute approximate surface area is 329 Å². The second-order valence-corrected chi connectivity index (χ2v) is 15.8. The van der Waals surface area contributed by atoms with Crippen molar-refractivity contribution in [3.63, 3.8) is 0 Å². The van der Waals surface area contributed by atoms with Crippen LogP contribution in [0.2, 0.25) is 10.0 Å². The number of oxime groups is 1. The highest BCUT2D eigenvalue weighted by atomic mass is 35.5. The maximum atomic E-state index is 14.1. The Morgan fingerprint density at radius 2 is 1.62 bits per heavy atom. The van der Waals surface area contributed by atoms with Gasteiger partial charge in [0.05, 0.1) is 10.6 Å². The van der Waals surface area contributed by atoms with Gasteiger partial charge in [0.15, 0.2) is 5.84 Å². The number of sulfonamides is 1. The summed E-state index contributed by atoms with van der Waals surface area (Å²) < 4.78 is 76.7. The molecule has 1 atom stereocenters. The van der Waals surface area contributed by atoms with Crippen molar-refractivity contribution >= 4 is 67.7 Å². The molecular formula is C37H35Cl2F3N6O7S. The molecule has 0 spiro atoms. The molecule has 296 valence electrons. The van der Waals surface area contributed by atoms with Gasteiger partial charge in [-0.05, 0) is 56.2 Å². The van der Waals surface area contributed by atoms with E-state index in [1.165, 1.54) is 49.1 Å². The number of pyridine rings is 1. The van der Waals surface area contributed by atoms with E-state index in [9.17, 15) is 36.0 Å². The number of piperazine rings is 1. The van der Waals surface area contributed by atoms with Crippen molar-refractivity contribution in [2.24, 2.45) is 10.9 Å². The first kappa shape index (κ1) is 40.7. The van der Waals surface area contributed by atoms with Gasteiger partial charge >= 0.3 is 12.1 Å². The summed E-state index contributed by atoms with van der Waals surface area (Å²) in [6, 6.07) is 12.8. The van der Waals surface area contributed by atoms with Crippen LogP contribution in [-0.4, -0.2) is 89.9 Å². The van der Waals surface area contributed by atoms with E-state index in [1.54, 1.807) is 29.2 Å². The number of hydrogen-bond acceptors (Lipinski definition) is 9. The van der Waals surface area contributed by atoms with Gasteiger partial charge in [-0.15, -0.1) is 0 Å². The molecule has 0 bridgehead atoms. The lowest BCUT2D eigenvalue weighted by Gasteiger charge is -2.37. The molecule has 2 fully saturated rings. The number of hydrogen-bond donors (Lipinski definition) is 1. The zero-order chi connectivity index (χ0) is 40.5. The van der Waals surface area contributed by atoms with Crippen molar-refractivity contribution in [1.29, 1.82) is 0 Å². The molecule has 6 rings (SSSR count). The lowest BCUT2D eigenvalue weighted by Crippen LogP contribution is -2.55. The smallest absolute Gasteiger partial charge is 0.417 e. The minimum atomic E-state index is -4.64. The number of halogens is 5. The first-order valence-corrected chi connectivity index (χ1v) is 19.5. The largest absolute Gasteiger partial charge is 0.487 e. The standard InChI is InChI=1S/C37H35Cl2F3N6O7S/c1-21-19-27(37(40,41)42)25-5-3-7-30(33(25)44-21)54-20-26-28(38)12-13-31(32(26)39)56(52,53)48-14-4-6-29(48)36(51)47-17-15-46(16-18-47)35(50)24-10-8-23(9-11-24)34(43)45-55-22(2)49/h3,5,7-13,19,29H,4,6,14-18,20H2,1-2H3,(H2,43,45). The molecule has 56 heavy (non-hydrogen) atoms. The number of para-hydroxylation sites is 1. The van der Waals surface area contributed by atoms with E-state index in [1.807, 2.05) is 0 Å². The number of amides is 2. The van der Waals surface area contributed by atoms with E-state index in [2.05, 4.69) is 15.0 Å². The van der Waals surface area contributed by atoms with Crippen molar-refractivity contribution in [1.82, 2.24) is 19.1 Å². The minimum absolute atomic E-state index is 0.00941.